The maximum absolute atomic E-state index is 12.4. The van der Waals surface area contributed by atoms with E-state index >= 15 is 0 Å². The Balaban J connectivity index is 1.65. The van der Waals surface area contributed by atoms with Gasteiger partial charge in [-0.3, -0.25) is 9.59 Å². The first-order valence-electron chi connectivity index (χ1n) is 7.14. The number of fused-ring (bicyclic) bond motifs is 5. The molecule has 3 aliphatic carbocycles. The van der Waals surface area contributed by atoms with E-state index in [0.29, 0.717) is 18.4 Å². The zero-order valence-electron chi connectivity index (χ0n) is 10.8. The third-order valence-electron chi connectivity index (χ3n) is 5.15. The topological polar surface area (TPSA) is 57.6 Å². The SMILES string of the molecule is CCCN(CC(=O)O)C(=O)C1[C@@H]2[C@@H]3CC[C@H](C3)[C@H]12. The van der Waals surface area contributed by atoms with Gasteiger partial charge < -0.3 is 10.0 Å². The van der Waals surface area contributed by atoms with Crippen LogP contribution < -0.4 is 0 Å². The van der Waals surface area contributed by atoms with Gasteiger partial charge in [0.1, 0.15) is 6.54 Å². The van der Waals surface area contributed by atoms with Crippen LogP contribution in [0.1, 0.15) is 32.6 Å². The Labute approximate surface area is 107 Å². The quantitative estimate of drug-likeness (QED) is 0.807. The summed E-state index contributed by atoms with van der Waals surface area (Å²) < 4.78 is 0. The standard InChI is InChI=1S/C14H21NO3/c1-2-5-15(7-10(16)17)14(18)13-11-8-3-4-9(6-8)12(11)13/h8-9,11-13H,2-7H2,1H3,(H,16,17)/t8-,9-,11-,12+,13?/m1/s1. The van der Waals surface area contributed by atoms with Crippen molar-refractivity contribution in [2.45, 2.75) is 32.6 Å². The van der Waals surface area contributed by atoms with E-state index in [4.69, 9.17) is 5.11 Å². The first-order valence-corrected chi connectivity index (χ1v) is 7.14. The number of rotatable bonds is 5. The lowest BCUT2D eigenvalue weighted by atomic mass is 10.0. The molecule has 0 radical (unpaired) electrons. The van der Waals surface area contributed by atoms with Crippen LogP contribution >= 0.6 is 0 Å². The normalized spacial score (nSPS) is 39.5. The zero-order valence-corrected chi connectivity index (χ0v) is 10.8. The second-order valence-electron chi connectivity index (χ2n) is 6.17. The third kappa shape index (κ3) is 1.73. The number of carboxylic acids is 1. The van der Waals surface area contributed by atoms with Crippen LogP contribution in [0.5, 0.6) is 0 Å². The highest BCUT2D eigenvalue weighted by Crippen LogP contribution is 2.69. The summed E-state index contributed by atoms with van der Waals surface area (Å²) in [7, 11) is 0. The largest absolute Gasteiger partial charge is 0.480 e. The van der Waals surface area contributed by atoms with E-state index in [1.807, 2.05) is 6.92 Å². The summed E-state index contributed by atoms with van der Waals surface area (Å²) in [4.78, 5) is 24.8. The molecule has 0 heterocycles. The van der Waals surface area contributed by atoms with Gasteiger partial charge in [-0.25, -0.2) is 0 Å². The predicted octanol–water partition coefficient (Wildman–Crippen LogP) is 1.60. The van der Waals surface area contributed by atoms with Crippen LogP contribution in [0.15, 0.2) is 0 Å². The second kappa shape index (κ2) is 4.25. The molecule has 100 valence electrons. The summed E-state index contributed by atoms with van der Waals surface area (Å²) >= 11 is 0. The van der Waals surface area contributed by atoms with Gasteiger partial charge in [0.25, 0.3) is 0 Å². The van der Waals surface area contributed by atoms with Crippen molar-refractivity contribution in [2.75, 3.05) is 13.1 Å². The Morgan fingerprint density at radius 3 is 2.33 bits per heavy atom. The molecule has 4 heteroatoms. The van der Waals surface area contributed by atoms with Crippen molar-refractivity contribution in [3.05, 3.63) is 0 Å². The summed E-state index contributed by atoms with van der Waals surface area (Å²) in [6.45, 7) is 2.44. The maximum Gasteiger partial charge on any atom is 0.323 e. The van der Waals surface area contributed by atoms with Crippen molar-refractivity contribution in [3.63, 3.8) is 0 Å². The predicted molar refractivity (Wildman–Crippen MR) is 65.8 cm³/mol. The minimum atomic E-state index is -0.898. The monoisotopic (exact) mass is 251 g/mol. The molecule has 4 nitrogen and oxygen atoms in total. The van der Waals surface area contributed by atoms with Crippen molar-refractivity contribution < 1.29 is 14.7 Å². The highest BCUT2D eigenvalue weighted by atomic mass is 16.4. The summed E-state index contributed by atoms with van der Waals surface area (Å²) in [6.07, 6.45) is 4.74. The van der Waals surface area contributed by atoms with Gasteiger partial charge in [-0.15, -0.1) is 0 Å². The average molecular weight is 251 g/mol. The number of hydrogen-bond donors (Lipinski definition) is 1. The van der Waals surface area contributed by atoms with Gasteiger partial charge in [0.05, 0.1) is 0 Å². The lowest BCUT2D eigenvalue weighted by molar-refractivity contribution is -0.145. The molecule has 3 fully saturated rings. The highest BCUT2D eigenvalue weighted by molar-refractivity contribution is 5.86. The number of carboxylic acid groups (broad SMARTS) is 1. The first kappa shape index (κ1) is 12.0. The van der Waals surface area contributed by atoms with Gasteiger partial charge in [-0.1, -0.05) is 6.92 Å². The fourth-order valence-corrected chi connectivity index (χ4v) is 4.57. The van der Waals surface area contributed by atoms with Crippen LogP contribution in [0.2, 0.25) is 0 Å². The number of nitrogens with zero attached hydrogens (tertiary/aromatic N) is 1. The molecule has 0 saturated heterocycles. The Bertz CT molecular complexity index is 365. The van der Waals surface area contributed by atoms with Gasteiger partial charge in [-0.05, 0) is 49.4 Å². The van der Waals surface area contributed by atoms with Crippen LogP contribution in [0.4, 0.5) is 0 Å². The van der Waals surface area contributed by atoms with Crippen molar-refractivity contribution in [3.8, 4) is 0 Å². The Hall–Kier alpha value is -1.06. The van der Waals surface area contributed by atoms with Gasteiger partial charge in [0.2, 0.25) is 5.91 Å². The second-order valence-corrected chi connectivity index (χ2v) is 6.17. The van der Waals surface area contributed by atoms with Crippen LogP contribution in [-0.4, -0.2) is 35.0 Å². The fraction of sp³-hybridized carbons (Fsp3) is 0.857. The van der Waals surface area contributed by atoms with E-state index in [9.17, 15) is 9.59 Å². The number of amides is 1. The first-order chi connectivity index (χ1) is 8.63. The zero-order chi connectivity index (χ0) is 12.9. The Morgan fingerprint density at radius 2 is 1.83 bits per heavy atom. The smallest absolute Gasteiger partial charge is 0.323 e. The van der Waals surface area contributed by atoms with E-state index < -0.39 is 5.97 Å². The summed E-state index contributed by atoms with van der Waals surface area (Å²) in [6, 6.07) is 0. The van der Waals surface area contributed by atoms with Gasteiger partial charge >= 0.3 is 5.97 Å². The Kier molecular flexibility index (Phi) is 2.83. The average Bonchev–Trinajstić information content (AvgIpc) is 2.75. The lowest BCUT2D eigenvalue weighted by Gasteiger charge is -2.21. The third-order valence-corrected chi connectivity index (χ3v) is 5.15. The van der Waals surface area contributed by atoms with E-state index in [1.165, 1.54) is 19.3 Å². The minimum Gasteiger partial charge on any atom is -0.480 e. The van der Waals surface area contributed by atoms with Crippen molar-refractivity contribution >= 4 is 11.9 Å². The molecule has 2 bridgehead atoms. The molecule has 3 saturated carbocycles. The number of carbonyl (C=O) groups excluding carboxylic acids is 1. The van der Waals surface area contributed by atoms with Crippen LogP contribution in [0, 0.1) is 29.6 Å². The molecule has 1 unspecified atom stereocenters. The molecule has 1 amide bonds. The minimum absolute atomic E-state index is 0.117. The molecule has 0 aliphatic heterocycles. The molecule has 5 atom stereocenters. The molecule has 0 spiro atoms. The molecule has 1 N–H and O–H groups in total. The summed E-state index contributed by atoms with van der Waals surface area (Å²) in [5.41, 5.74) is 0. The summed E-state index contributed by atoms with van der Waals surface area (Å²) in [5, 5.41) is 8.89. The number of carbonyl (C=O) groups is 2. The van der Waals surface area contributed by atoms with Crippen LogP contribution in [0.25, 0.3) is 0 Å². The van der Waals surface area contributed by atoms with Gasteiger partial charge in [0.15, 0.2) is 0 Å². The fourth-order valence-electron chi connectivity index (χ4n) is 4.57. The molecule has 0 aromatic rings. The van der Waals surface area contributed by atoms with Crippen LogP contribution in [-0.2, 0) is 9.59 Å². The van der Waals surface area contributed by atoms with E-state index in [1.54, 1.807) is 4.90 Å². The van der Waals surface area contributed by atoms with E-state index in [-0.39, 0.29) is 18.4 Å². The number of aliphatic carboxylic acids is 1. The van der Waals surface area contributed by atoms with E-state index in [0.717, 1.165) is 18.3 Å². The van der Waals surface area contributed by atoms with E-state index in [2.05, 4.69) is 0 Å². The summed E-state index contributed by atoms with van der Waals surface area (Å²) in [5.74, 6) is 2.12. The highest BCUT2D eigenvalue weighted by Gasteiger charge is 2.67. The maximum atomic E-state index is 12.4. The number of hydrogen-bond acceptors (Lipinski definition) is 2. The molecular weight excluding hydrogens is 230 g/mol. The molecule has 18 heavy (non-hydrogen) atoms. The van der Waals surface area contributed by atoms with Crippen molar-refractivity contribution in [2.24, 2.45) is 29.6 Å². The molecular formula is C14H21NO3. The molecule has 3 rings (SSSR count). The van der Waals surface area contributed by atoms with Crippen molar-refractivity contribution in [1.82, 2.24) is 4.90 Å². The van der Waals surface area contributed by atoms with Crippen molar-refractivity contribution in [1.29, 1.82) is 0 Å². The van der Waals surface area contributed by atoms with Gasteiger partial charge in [0, 0.05) is 12.5 Å². The Morgan fingerprint density at radius 1 is 1.22 bits per heavy atom. The molecule has 0 aromatic heterocycles. The lowest BCUT2D eigenvalue weighted by Crippen LogP contribution is -2.38. The molecule has 3 aliphatic rings. The molecule has 0 aromatic carbocycles. The van der Waals surface area contributed by atoms with Crippen LogP contribution in [0.3, 0.4) is 0 Å². The van der Waals surface area contributed by atoms with Gasteiger partial charge in [-0.2, -0.15) is 0 Å².